The second-order valence-electron chi connectivity index (χ2n) is 18.1. The molecule has 8 heterocycles. The number of ether oxygens (including phenoxy) is 2. The number of nitrogens with zero attached hydrogens (tertiary/aromatic N) is 8. The van der Waals surface area contributed by atoms with E-state index in [9.17, 15) is 48.6 Å². The predicted molar refractivity (Wildman–Crippen MR) is 312 cm³/mol. The number of carbonyl (C=O) groups excluding carboxylic acids is 6. The number of carboxylic acid groups (broad SMARTS) is 2. The molecule has 1 aliphatic rings. The summed E-state index contributed by atoms with van der Waals surface area (Å²) in [5.41, 5.74) is 2.02. The van der Waals surface area contributed by atoms with Crippen LogP contribution in [-0.2, 0) is 35.3 Å². The van der Waals surface area contributed by atoms with Gasteiger partial charge in [-0.15, -0.1) is 56.7 Å². The molecule has 0 fully saturated rings. The van der Waals surface area contributed by atoms with E-state index in [1.54, 1.807) is 65.5 Å². The smallest absolute Gasteiger partial charge is 0.415 e. The molecule has 7 aromatic heterocycles. The maximum absolute atomic E-state index is 14.2. The molecule has 6 amide bonds. The molecule has 0 saturated carbocycles. The summed E-state index contributed by atoms with van der Waals surface area (Å²) in [6.45, 7) is 0.726. The molecule has 26 nitrogen and oxygen atoms in total. The summed E-state index contributed by atoms with van der Waals surface area (Å²) in [6, 6.07) is 9.83. The molecule has 8 aromatic rings. The number of aliphatic carboxylic acids is 2. The van der Waals surface area contributed by atoms with E-state index < -0.39 is 72.3 Å². The van der Waals surface area contributed by atoms with Crippen molar-refractivity contribution in [3.63, 3.8) is 0 Å². The Morgan fingerprint density at radius 3 is 2.20 bits per heavy atom. The molecule has 0 saturated heterocycles. The van der Waals surface area contributed by atoms with Gasteiger partial charge in [-0.25, -0.2) is 39.7 Å². The van der Waals surface area contributed by atoms with Crippen LogP contribution in [-0.4, -0.2) is 132 Å². The fourth-order valence-corrected chi connectivity index (χ4v) is 13.4. The number of amides is 6. The summed E-state index contributed by atoms with van der Waals surface area (Å²) < 4.78 is 10.7. The number of aliphatic hydroxyl groups is 1. The summed E-state index contributed by atoms with van der Waals surface area (Å²) in [7, 11) is 2.85. The van der Waals surface area contributed by atoms with Gasteiger partial charge in [-0.3, -0.25) is 43.8 Å². The number of benzene rings is 1. The van der Waals surface area contributed by atoms with E-state index >= 15 is 0 Å². The topological polar surface area (TPSA) is 369 Å². The molecule has 0 aliphatic carbocycles. The van der Waals surface area contributed by atoms with Gasteiger partial charge in [-0.1, -0.05) is 41.7 Å². The van der Waals surface area contributed by atoms with Crippen molar-refractivity contribution < 1.29 is 63.1 Å². The van der Waals surface area contributed by atoms with E-state index in [1.165, 1.54) is 35.8 Å². The Morgan fingerprint density at radius 2 is 1.44 bits per heavy atom. The van der Waals surface area contributed by atoms with Gasteiger partial charge in [-0.2, -0.15) is 0 Å². The third kappa shape index (κ3) is 14.5. The van der Waals surface area contributed by atoms with Crippen molar-refractivity contribution in [3.8, 4) is 43.4 Å². The number of nitrogens with one attached hydrogen (secondary N) is 5. The average molecular weight is 1260 g/mol. The Hall–Kier alpha value is -8.37. The number of carbonyl (C=O) groups is 8. The minimum Gasteiger partial charge on any atom is -0.481 e. The Labute approximate surface area is 500 Å². The molecular weight excluding hydrogens is 1210 g/mol. The van der Waals surface area contributed by atoms with Gasteiger partial charge < -0.3 is 46.1 Å². The molecule has 1 aliphatic heterocycles. The van der Waals surface area contributed by atoms with E-state index in [0.717, 1.165) is 56.7 Å². The van der Waals surface area contributed by atoms with Crippen LogP contribution in [0.5, 0.6) is 0 Å². The van der Waals surface area contributed by atoms with Gasteiger partial charge in [0.2, 0.25) is 11.8 Å². The number of aromatic nitrogens is 7. The van der Waals surface area contributed by atoms with Crippen molar-refractivity contribution >= 4 is 127 Å². The Bertz CT molecular complexity index is 3760. The maximum atomic E-state index is 14.2. The van der Waals surface area contributed by atoms with Crippen molar-refractivity contribution in [2.45, 2.75) is 63.8 Å². The van der Waals surface area contributed by atoms with Crippen molar-refractivity contribution in [2.24, 2.45) is 0 Å². The highest BCUT2D eigenvalue weighted by Crippen LogP contribution is 2.40. The second-order valence-corrected chi connectivity index (χ2v) is 23.9. The summed E-state index contributed by atoms with van der Waals surface area (Å²) in [5.74, 6) is -5.26. The van der Waals surface area contributed by atoms with Gasteiger partial charge in [0.25, 0.3) is 17.7 Å². The zero-order valence-electron chi connectivity index (χ0n) is 44.4. The molecule has 84 heavy (non-hydrogen) atoms. The number of aliphatic hydroxyl groups excluding tert-OH is 1. The van der Waals surface area contributed by atoms with Crippen LogP contribution in [0, 0.1) is 6.92 Å². The minimum atomic E-state index is -1.31. The first-order valence-electron chi connectivity index (χ1n) is 25.3. The zero-order valence-corrected chi connectivity index (χ0v) is 49.3. The molecule has 0 unspecified atom stereocenters. The van der Waals surface area contributed by atoms with Crippen molar-refractivity contribution in [1.29, 1.82) is 0 Å². The molecule has 10 bridgehead atoms. The fourth-order valence-electron chi connectivity index (χ4n) is 8.18. The van der Waals surface area contributed by atoms with Gasteiger partial charge in [0.05, 0.1) is 42.8 Å². The van der Waals surface area contributed by atoms with Crippen LogP contribution in [0.15, 0.2) is 64.0 Å². The third-order valence-electron chi connectivity index (χ3n) is 12.2. The predicted octanol–water partition coefficient (Wildman–Crippen LogP) is 7.11. The molecular formula is C52H49N13O13S6. The number of aryl methyl sites for hydroxylation is 1. The summed E-state index contributed by atoms with van der Waals surface area (Å²) >= 11 is 6.65. The molecule has 0 spiro atoms. The molecule has 1 aromatic carbocycles. The van der Waals surface area contributed by atoms with Crippen LogP contribution in [0.1, 0.15) is 107 Å². The first-order valence-corrected chi connectivity index (χ1v) is 30.4. The number of hydrogen-bond donors (Lipinski definition) is 8. The first kappa shape index (κ1) is 60.2. The lowest BCUT2D eigenvalue weighted by atomic mass is 10.0. The standard InChI is InChI=1S/C52H49N13O13S6/c1-24-38-45(75)64-51-63-40(32(84-51)19-77-3)44(74)54-18-35(67)61-41(42(72)25-9-5-4-6-10-25)50-59-31(22-81-50)48-57-29(20-80-48)39-26(46-58-30(21-79-46)43(73)56-28(17-34(66)53-2)49(62-38)83-24)13-14-27(55-39)47-60-33(23-82-47)65(15-7-11-36(68)69)52(76)78-16-8-12-37(70)71/h4-6,9-10,13-14,20-23,28,41-42,72H,7-8,11-12,15-19H2,1-3H3,(H,53,66)(H,54,74)(H,56,73)(H,61,67)(H,68,69)(H,70,71)(H,63,64,75)/t28-,41-,42-/m0/s1. The highest BCUT2D eigenvalue weighted by molar-refractivity contribution is 7.16. The van der Waals surface area contributed by atoms with Gasteiger partial charge in [0, 0.05) is 65.5 Å². The zero-order chi connectivity index (χ0) is 59.6. The van der Waals surface area contributed by atoms with Crippen LogP contribution in [0.2, 0.25) is 0 Å². The van der Waals surface area contributed by atoms with Gasteiger partial charge >= 0.3 is 18.0 Å². The number of pyridine rings is 1. The van der Waals surface area contributed by atoms with Crippen molar-refractivity contribution in [2.75, 3.05) is 44.1 Å². The minimum absolute atomic E-state index is 0.0163. The number of rotatable bonds is 16. The van der Waals surface area contributed by atoms with Crippen LogP contribution >= 0.6 is 68.0 Å². The number of hydrogen-bond acceptors (Lipinski definition) is 24. The number of anilines is 2. The summed E-state index contributed by atoms with van der Waals surface area (Å²) in [5, 5.41) is 51.9. The highest BCUT2D eigenvalue weighted by Gasteiger charge is 2.32. The van der Waals surface area contributed by atoms with Crippen molar-refractivity contribution in [1.82, 2.24) is 56.2 Å². The largest absolute Gasteiger partial charge is 0.481 e. The van der Waals surface area contributed by atoms with Gasteiger partial charge in [0.1, 0.15) is 77.2 Å². The molecule has 32 heteroatoms. The molecule has 0 radical (unpaired) electrons. The number of fused-ring (bicyclic) bond motifs is 14. The maximum Gasteiger partial charge on any atom is 0.415 e. The van der Waals surface area contributed by atoms with Gasteiger partial charge in [0.15, 0.2) is 5.13 Å². The summed E-state index contributed by atoms with van der Waals surface area (Å²) in [4.78, 5) is 140. The Kier molecular flexibility index (Phi) is 19.6. The van der Waals surface area contributed by atoms with Crippen LogP contribution < -0.4 is 31.5 Å². The lowest BCUT2D eigenvalue weighted by molar-refractivity contribution is -0.138. The monoisotopic (exact) mass is 1260 g/mol. The molecule has 436 valence electrons. The third-order valence-corrected chi connectivity index (χ3v) is 17.8. The molecule has 8 N–H and O–H groups in total. The molecule has 3 atom stereocenters. The first-order chi connectivity index (χ1) is 40.5. The highest BCUT2D eigenvalue weighted by atomic mass is 32.1. The van der Waals surface area contributed by atoms with Crippen LogP contribution in [0.3, 0.4) is 0 Å². The van der Waals surface area contributed by atoms with Crippen LogP contribution in [0.4, 0.5) is 15.7 Å². The SMILES string of the molecule is CNC(=O)C[C@@H]1NC(=O)c2csc(n2)-c2ccc(-c3nc(N(CCCC(=O)O)C(=O)OCCCC(=O)O)cs3)nc2-c2csc(n2)-c2csc(n2)[C@H]([C@@H](O)c2ccccc2)NC(=O)CNC(=O)c2nc(sc2COC)NC(=O)c2nc1sc2C. The van der Waals surface area contributed by atoms with E-state index in [1.807, 2.05) is 0 Å². The summed E-state index contributed by atoms with van der Waals surface area (Å²) in [6.07, 6.45) is -2.82. The Balaban J connectivity index is 1.11. The average Bonchev–Trinajstić information content (AvgIpc) is 3.82. The number of methoxy groups -OCH3 is 1. The van der Waals surface area contributed by atoms with Crippen molar-refractivity contribution in [3.05, 3.63) is 106 Å². The fraction of sp³-hybridized carbons (Fsp3) is 0.288. The van der Waals surface area contributed by atoms with E-state index in [2.05, 4.69) is 36.6 Å². The number of carboxylic acids is 2. The number of thiazole rings is 6. The van der Waals surface area contributed by atoms with E-state index in [-0.39, 0.29) is 90.6 Å². The second kappa shape index (κ2) is 27.3. The quantitative estimate of drug-likeness (QED) is 0.0447. The van der Waals surface area contributed by atoms with E-state index in [4.69, 9.17) is 39.5 Å². The van der Waals surface area contributed by atoms with Crippen LogP contribution in [0.25, 0.3) is 43.4 Å². The van der Waals surface area contributed by atoms with E-state index in [0.29, 0.717) is 58.0 Å². The Morgan fingerprint density at radius 1 is 0.726 bits per heavy atom. The molecule has 9 rings (SSSR count). The lowest BCUT2D eigenvalue weighted by Gasteiger charge is -2.23. The normalized spacial score (nSPS) is 15.0. The lowest BCUT2D eigenvalue weighted by Crippen LogP contribution is -2.40. The van der Waals surface area contributed by atoms with Gasteiger partial charge in [-0.05, 0) is 37.5 Å².